The molecule has 0 atom stereocenters. The number of aromatic nitrogens is 4. The average Bonchev–Trinajstić information content (AvgIpc) is 3.21. The molecule has 1 N–H and O–H groups in total. The first kappa shape index (κ1) is 15.8. The van der Waals surface area contributed by atoms with Crippen LogP contribution >= 0.6 is 0 Å². The molecule has 7 nitrogen and oxygen atoms in total. The van der Waals surface area contributed by atoms with Crippen LogP contribution in [0.15, 0.2) is 48.8 Å². The van der Waals surface area contributed by atoms with E-state index < -0.39 is 0 Å². The molecule has 0 unspecified atom stereocenters. The molecule has 0 aliphatic heterocycles. The van der Waals surface area contributed by atoms with Crippen LogP contribution in [0.5, 0.6) is 5.75 Å². The van der Waals surface area contributed by atoms with Crippen molar-refractivity contribution in [2.24, 2.45) is 0 Å². The van der Waals surface area contributed by atoms with Gasteiger partial charge in [-0.1, -0.05) is 18.2 Å². The largest absolute Gasteiger partial charge is 0.471 e. The fraction of sp³-hybridized carbons (Fsp3) is 0.235. The first-order chi connectivity index (χ1) is 11.7. The summed E-state index contributed by atoms with van der Waals surface area (Å²) in [5.74, 6) is 0.480. The number of rotatable bonds is 6. The van der Waals surface area contributed by atoms with Crippen LogP contribution in [0, 0.1) is 6.92 Å². The zero-order chi connectivity index (χ0) is 16.9. The molecule has 1 aromatic carbocycles. The van der Waals surface area contributed by atoms with E-state index in [1.54, 1.807) is 23.1 Å². The predicted molar refractivity (Wildman–Crippen MR) is 89.9 cm³/mol. The quantitative estimate of drug-likeness (QED) is 0.756. The Morgan fingerprint density at radius 3 is 2.75 bits per heavy atom. The average molecular weight is 325 g/mol. The highest BCUT2D eigenvalue weighted by molar-refractivity contribution is 6.03. The molecule has 0 fully saturated rings. The van der Waals surface area contributed by atoms with Crippen molar-refractivity contribution in [1.82, 2.24) is 19.6 Å². The van der Waals surface area contributed by atoms with Gasteiger partial charge >= 0.3 is 0 Å². The summed E-state index contributed by atoms with van der Waals surface area (Å²) in [6.45, 7) is 4.91. The second-order valence-corrected chi connectivity index (χ2v) is 5.24. The molecule has 2 heterocycles. The Labute approximate surface area is 139 Å². The van der Waals surface area contributed by atoms with Gasteiger partial charge in [-0.05, 0) is 32.0 Å². The fourth-order valence-electron chi connectivity index (χ4n) is 2.29. The lowest BCUT2D eigenvalue weighted by molar-refractivity contribution is 0.102. The van der Waals surface area contributed by atoms with E-state index in [2.05, 4.69) is 15.5 Å². The van der Waals surface area contributed by atoms with Crippen molar-refractivity contribution in [3.8, 4) is 5.75 Å². The SMILES string of the molecule is CCn1ncc(NC(=O)c2ccn(COc3ccccc3)n2)c1C. The number of amides is 1. The molecule has 0 spiro atoms. The summed E-state index contributed by atoms with van der Waals surface area (Å²) in [6.07, 6.45) is 3.35. The van der Waals surface area contributed by atoms with Crippen LogP contribution in [0.1, 0.15) is 23.1 Å². The van der Waals surface area contributed by atoms with Gasteiger partial charge in [0.2, 0.25) is 0 Å². The van der Waals surface area contributed by atoms with Gasteiger partial charge in [0.15, 0.2) is 12.4 Å². The van der Waals surface area contributed by atoms with Gasteiger partial charge in [-0.2, -0.15) is 10.2 Å². The second kappa shape index (κ2) is 6.99. The number of hydrogen-bond acceptors (Lipinski definition) is 4. The van der Waals surface area contributed by atoms with E-state index in [0.717, 1.165) is 18.0 Å². The minimum absolute atomic E-state index is 0.240. The Morgan fingerprint density at radius 1 is 1.25 bits per heavy atom. The molecule has 7 heteroatoms. The summed E-state index contributed by atoms with van der Waals surface area (Å²) in [6, 6.07) is 11.1. The van der Waals surface area contributed by atoms with E-state index in [1.165, 1.54) is 0 Å². The fourth-order valence-corrected chi connectivity index (χ4v) is 2.29. The van der Waals surface area contributed by atoms with Gasteiger partial charge in [0.25, 0.3) is 5.91 Å². The third kappa shape index (κ3) is 3.45. The maximum atomic E-state index is 12.3. The Hall–Kier alpha value is -3.09. The van der Waals surface area contributed by atoms with Crippen molar-refractivity contribution in [3.05, 3.63) is 60.2 Å². The number of carbonyl (C=O) groups is 1. The lowest BCUT2D eigenvalue weighted by atomic mass is 10.3. The maximum Gasteiger partial charge on any atom is 0.276 e. The molecule has 124 valence electrons. The molecule has 3 aromatic rings. The van der Waals surface area contributed by atoms with Gasteiger partial charge in [0.1, 0.15) is 5.75 Å². The zero-order valence-electron chi connectivity index (χ0n) is 13.6. The van der Waals surface area contributed by atoms with Gasteiger partial charge in [0.05, 0.1) is 17.6 Å². The van der Waals surface area contributed by atoms with Crippen molar-refractivity contribution >= 4 is 11.6 Å². The second-order valence-electron chi connectivity index (χ2n) is 5.24. The van der Waals surface area contributed by atoms with E-state index >= 15 is 0 Å². The number of nitrogens with zero attached hydrogens (tertiary/aromatic N) is 4. The van der Waals surface area contributed by atoms with E-state index in [4.69, 9.17) is 4.74 Å². The summed E-state index contributed by atoms with van der Waals surface area (Å²) < 4.78 is 8.99. The van der Waals surface area contributed by atoms with E-state index in [1.807, 2.05) is 48.9 Å². The third-order valence-electron chi connectivity index (χ3n) is 3.63. The number of hydrogen-bond donors (Lipinski definition) is 1. The highest BCUT2D eigenvalue weighted by Gasteiger charge is 2.13. The smallest absolute Gasteiger partial charge is 0.276 e. The van der Waals surface area contributed by atoms with Gasteiger partial charge < -0.3 is 10.1 Å². The van der Waals surface area contributed by atoms with Crippen LogP contribution in [0.2, 0.25) is 0 Å². The number of para-hydroxylation sites is 1. The van der Waals surface area contributed by atoms with Crippen LogP contribution < -0.4 is 10.1 Å². The van der Waals surface area contributed by atoms with Gasteiger partial charge in [-0.3, -0.25) is 9.48 Å². The number of ether oxygens (including phenoxy) is 1. The van der Waals surface area contributed by atoms with Gasteiger partial charge in [0, 0.05) is 12.7 Å². The molecule has 2 aromatic heterocycles. The molecule has 0 saturated heterocycles. The summed E-state index contributed by atoms with van der Waals surface area (Å²) in [7, 11) is 0. The molecule has 0 saturated carbocycles. The maximum absolute atomic E-state index is 12.3. The van der Waals surface area contributed by atoms with E-state index in [0.29, 0.717) is 11.4 Å². The number of nitrogens with one attached hydrogen (secondary N) is 1. The van der Waals surface area contributed by atoms with E-state index in [9.17, 15) is 4.79 Å². The molecule has 0 aliphatic carbocycles. The molecule has 0 aliphatic rings. The molecule has 24 heavy (non-hydrogen) atoms. The van der Waals surface area contributed by atoms with Gasteiger partial charge in [-0.15, -0.1) is 0 Å². The normalized spacial score (nSPS) is 10.6. The molecule has 3 rings (SSSR count). The predicted octanol–water partition coefficient (Wildman–Crippen LogP) is 2.70. The number of aryl methyl sites for hydroxylation is 1. The molecule has 1 amide bonds. The van der Waals surface area contributed by atoms with Crippen molar-refractivity contribution in [2.75, 3.05) is 5.32 Å². The Morgan fingerprint density at radius 2 is 2.04 bits per heavy atom. The lowest BCUT2D eigenvalue weighted by Gasteiger charge is -2.06. The van der Waals surface area contributed by atoms with Crippen molar-refractivity contribution < 1.29 is 9.53 Å². The highest BCUT2D eigenvalue weighted by Crippen LogP contribution is 2.14. The topological polar surface area (TPSA) is 74.0 Å². The van der Waals surface area contributed by atoms with E-state index in [-0.39, 0.29) is 12.6 Å². The molecular weight excluding hydrogens is 306 g/mol. The van der Waals surface area contributed by atoms with Gasteiger partial charge in [-0.25, -0.2) is 4.68 Å². The summed E-state index contributed by atoms with van der Waals surface area (Å²) >= 11 is 0. The minimum atomic E-state index is -0.271. The monoisotopic (exact) mass is 325 g/mol. The van der Waals surface area contributed by atoms with Crippen LogP contribution in [0.4, 0.5) is 5.69 Å². The van der Waals surface area contributed by atoms with Crippen molar-refractivity contribution in [1.29, 1.82) is 0 Å². The van der Waals surface area contributed by atoms with Crippen LogP contribution in [-0.2, 0) is 13.3 Å². The van der Waals surface area contributed by atoms with Crippen molar-refractivity contribution in [3.63, 3.8) is 0 Å². The third-order valence-corrected chi connectivity index (χ3v) is 3.63. The standard InChI is InChI=1S/C17H19N5O2/c1-3-22-13(2)16(11-18-22)19-17(23)15-9-10-21(20-15)12-24-14-7-5-4-6-8-14/h4-11H,3,12H2,1-2H3,(H,19,23). The first-order valence-electron chi connectivity index (χ1n) is 7.72. The number of carbonyl (C=O) groups excluding carboxylic acids is 1. The molecule has 0 radical (unpaired) electrons. The number of anilines is 1. The lowest BCUT2D eigenvalue weighted by Crippen LogP contribution is -2.14. The summed E-state index contributed by atoms with van der Waals surface area (Å²) in [4.78, 5) is 12.3. The van der Waals surface area contributed by atoms with Crippen LogP contribution in [-0.4, -0.2) is 25.5 Å². The summed E-state index contributed by atoms with van der Waals surface area (Å²) in [5, 5.41) is 11.3. The highest BCUT2D eigenvalue weighted by atomic mass is 16.5. The van der Waals surface area contributed by atoms with Crippen molar-refractivity contribution in [2.45, 2.75) is 27.1 Å². The zero-order valence-corrected chi connectivity index (χ0v) is 13.6. The Bertz CT molecular complexity index is 823. The number of benzene rings is 1. The van der Waals surface area contributed by atoms with Crippen LogP contribution in [0.25, 0.3) is 0 Å². The Balaban J connectivity index is 1.62. The Kier molecular flexibility index (Phi) is 4.60. The molecule has 0 bridgehead atoms. The summed E-state index contributed by atoms with van der Waals surface area (Å²) in [5.41, 5.74) is 1.94. The minimum Gasteiger partial charge on any atom is -0.471 e. The first-order valence-corrected chi connectivity index (χ1v) is 7.72. The van der Waals surface area contributed by atoms with Crippen LogP contribution in [0.3, 0.4) is 0 Å². The molecular formula is C17H19N5O2.